The molecule has 144 valence electrons. The molecule has 2 aromatic rings. The molecular weight excluding hydrogens is 398 g/mol. The number of piperazine rings is 1. The second-order valence-electron chi connectivity index (χ2n) is 7.80. The van der Waals surface area contributed by atoms with Crippen LogP contribution in [0.25, 0.3) is 11.1 Å². The van der Waals surface area contributed by atoms with E-state index in [-0.39, 0.29) is 0 Å². The molecule has 3 nitrogen and oxygen atoms in total. The maximum atomic E-state index is 5.19. The second-order valence-corrected chi connectivity index (χ2v) is 8.71. The first-order valence-corrected chi connectivity index (χ1v) is 11.3. The van der Waals surface area contributed by atoms with Gasteiger partial charge in [-0.05, 0) is 67.1 Å². The van der Waals surface area contributed by atoms with Gasteiger partial charge in [0, 0.05) is 36.3 Å². The molecule has 0 spiro atoms. The molecule has 27 heavy (non-hydrogen) atoms. The number of benzene rings is 1. The number of fused-ring (bicyclic) bond motifs is 1. The van der Waals surface area contributed by atoms with Crippen molar-refractivity contribution < 1.29 is 0 Å². The first kappa shape index (κ1) is 18.9. The summed E-state index contributed by atoms with van der Waals surface area (Å²) in [5.41, 5.74) is 5.57. The maximum absolute atomic E-state index is 5.19. The molecule has 0 saturated carbocycles. The van der Waals surface area contributed by atoms with E-state index in [1.807, 2.05) is 0 Å². The van der Waals surface area contributed by atoms with Crippen LogP contribution in [0.4, 0.5) is 5.82 Å². The van der Waals surface area contributed by atoms with E-state index in [4.69, 9.17) is 4.98 Å². The van der Waals surface area contributed by atoms with Gasteiger partial charge in [0.1, 0.15) is 5.82 Å². The van der Waals surface area contributed by atoms with Crippen molar-refractivity contribution in [2.24, 2.45) is 0 Å². The molecule has 2 heterocycles. The van der Waals surface area contributed by atoms with E-state index in [0.29, 0.717) is 0 Å². The summed E-state index contributed by atoms with van der Waals surface area (Å²) >= 11 is 3.58. The Kier molecular flexibility index (Phi) is 6.14. The summed E-state index contributed by atoms with van der Waals surface area (Å²) in [7, 11) is 0. The second kappa shape index (κ2) is 8.74. The molecule has 1 aromatic heterocycles. The molecule has 0 amide bonds. The topological polar surface area (TPSA) is 19.4 Å². The van der Waals surface area contributed by atoms with E-state index in [1.165, 1.54) is 53.9 Å². The van der Waals surface area contributed by atoms with Crippen molar-refractivity contribution in [2.75, 3.05) is 37.6 Å². The Morgan fingerprint density at radius 3 is 2.33 bits per heavy atom. The summed E-state index contributed by atoms with van der Waals surface area (Å²) in [6.45, 7) is 7.85. The number of hydrogen-bond acceptors (Lipinski definition) is 3. The lowest BCUT2D eigenvalue weighted by Crippen LogP contribution is -2.46. The molecule has 1 fully saturated rings. The zero-order chi connectivity index (χ0) is 18.6. The van der Waals surface area contributed by atoms with Gasteiger partial charge in [-0.3, -0.25) is 0 Å². The molecule has 0 bridgehead atoms. The summed E-state index contributed by atoms with van der Waals surface area (Å²) in [6, 6.07) is 11.2. The van der Waals surface area contributed by atoms with Crippen molar-refractivity contribution in [3.63, 3.8) is 0 Å². The molecule has 1 aliphatic heterocycles. The molecule has 0 atom stereocenters. The fraction of sp³-hybridized carbons (Fsp3) is 0.522. The van der Waals surface area contributed by atoms with Crippen LogP contribution >= 0.6 is 15.9 Å². The van der Waals surface area contributed by atoms with Crippen molar-refractivity contribution in [3.8, 4) is 11.1 Å². The van der Waals surface area contributed by atoms with Crippen molar-refractivity contribution in [1.82, 2.24) is 9.88 Å². The number of aromatic nitrogens is 1. The predicted molar refractivity (Wildman–Crippen MR) is 118 cm³/mol. The summed E-state index contributed by atoms with van der Waals surface area (Å²) in [5, 5.41) is 0. The van der Waals surface area contributed by atoms with E-state index in [0.717, 1.165) is 50.0 Å². The van der Waals surface area contributed by atoms with Crippen LogP contribution in [-0.2, 0) is 12.8 Å². The van der Waals surface area contributed by atoms with Crippen LogP contribution in [0.15, 0.2) is 34.8 Å². The van der Waals surface area contributed by atoms with Gasteiger partial charge in [-0.2, -0.15) is 0 Å². The molecule has 1 aliphatic carbocycles. The van der Waals surface area contributed by atoms with Crippen molar-refractivity contribution >= 4 is 21.7 Å². The van der Waals surface area contributed by atoms with Crippen LogP contribution in [-0.4, -0.2) is 42.6 Å². The highest BCUT2D eigenvalue weighted by Crippen LogP contribution is 2.33. The van der Waals surface area contributed by atoms with Crippen LogP contribution in [0.2, 0.25) is 0 Å². The number of hydrogen-bond donors (Lipinski definition) is 0. The number of pyridine rings is 1. The molecule has 2 aliphatic rings. The van der Waals surface area contributed by atoms with Gasteiger partial charge in [0.25, 0.3) is 0 Å². The van der Waals surface area contributed by atoms with Crippen LogP contribution < -0.4 is 4.90 Å². The third-order valence-electron chi connectivity index (χ3n) is 6.09. The maximum Gasteiger partial charge on any atom is 0.129 e. The Labute approximate surface area is 171 Å². The number of anilines is 1. The summed E-state index contributed by atoms with van der Waals surface area (Å²) in [6.07, 6.45) is 7.53. The van der Waals surface area contributed by atoms with Gasteiger partial charge in [0.15, 0.2) is 0 Å². The van der Waals surface area contributed by atoms with Gasteiger partial charge in [-0.1, -0.05) is 47.8 Å². The van der Waals surface area contributed by atoms with Crippen LogP contribution in [0, 0.1) is 0 Å². The van der Waals surface area contributed by atoms with E-state index in [2.05, 4.69) is 63.0 Å². The number of likely N-dealkylation sites (N-methyl/N-ethyl adjacent to an activating group) is 1. The first-order valence-electron chi connectivity index (χ1n) is 10.5. The average molecular weight is 428 g/mol. The monoisotopic (exact) mass is 427 g/mol. The molecular formula is C23H30BrN3. The Bertz CT molecular complexity index is 764. The Morgan fingerprint density at radius 1 is 0.926 bits per heavy atom. The van der Waals surface area contributed by atoms with Crippen molar-refractivity contribution in [1.29, 1.82) is 0 Å². The fourth-order valence-corrected chi connectivity index (χ4v) is 4.65. The smallest absolute Gasteiger partial charge is 0.129 e. The molecule has 0 N–H and O–H groups in total. The standard InChI is InChI=1S/C23H30BrN3/c1-2-26-13-15-27(16-14-26)23-17-21(18-9-11-19(24)12-10-18)20-7-5-3-4-6-8-22(20)25-23/h9-12,17H,2-8,13-16H2,1H3. The molecule has 0 radical (unpaired) electrons. The van der Waals surface area contributed by atoms with E-state index in [9.17, 15) is 0 Å². The minimum absolute atomic E-state index is 1.08. The van der Waals surface area contributed by atoms with Crippen LogP contribution in [0.1, 0.15) is 43.9 Å². The Morgan fingerprint density at radius 2 is 1.63 bits per heavy atom. The number of rotatable bonds is 3. The summed E-state index contributed by atoms with van der Waals surface area (Å²) < 4.78 is 1.14. The van der Waals surface area contributed by atoms with Gasteiger partial charge in [-0.15, -0.1) is 0 Å². The van der Waals surface area contributed by atoms with E-state index in [1.54, 1.807) is 0 Å². The minimum atomic E-state index is 1.08. The highest BCUT2D eigenvalue weighted by Gasteiger charge is 2.21. The highest BCUT2D eigenvalue weighted by molar-refractivity contribution is 9.10. The quantitative estimate of drug-likeness (QED) is 0.660. The zero-order valence-electron chi connectivity index (χ0n) is 16.4. The number of aryl methyl sites for hydroxylation is 1. The normalized spacial score (nSPS) is 18.7. The highest BCUT2D eigenvalue weighted by atomic mass is 79.9. The van der Waals surface area contributed by atoms with Crippen LogP contribution in [0.3, 0.4) is 0 Å². The molecule has 4 heteroatoms. The van der Waals surface area contributed by atoms with Gasteiger partial charge < -0.3 is 9.80 Å². The third-order valence-corrected chi connectivity index (χ3v) is 6.61. The average Bonchev–Trinajstić information content (AvgIpc) is 2.69. The SMILES string of the molecule is CCN1CCN(c2cc(-c3ccc(Br)cc3)c3c(n2)CCCCCC3)CC1. The lowest BCUT2D eigenvalue weighted by atomic mass is 9.90. The lowest BCUT2D eigenvalue weighted by molar-refractivity contribution is 0.270. The summed E-state index contributed by atoms with van der Waals surface area (Å²) in [4.78, 5) is 10.2. The Hall–Kier alpha value is -1.39. The molecule has 1 aromatic carbocycles. The predicted octanol–water partition coefficient (Wildman–Crippen LogP) is 5.31. The van der Waals surface area contributed by atoms with Gasteiger partial charge >= 0.3 is 0 Å². The molecule has 1 saturated heterocycles. The minimum Gasteiger partial charge on any atom is -0.354 e. The molecule has 0 unspecified atom stereocenters. The largest absolute Gasteiger partial charge is 0.354 e. The third kappa shape index (κ3) is 4.38. The first-order chi connectivity index (χ1) is 13.2. The molecule has 4 rings (SSSR count). The van der Waals surface area contributed by atoms with Gasteiger partial charge in [0.2, 0.25) is 0 Å². The number of nitrogens with zero attached hydrogens (tertiary/aromatic N) is 3. The van der Waals surface area contributed by atoms with Crippen molar-refractivity contribution in [2.45, 2.75) is 45.4 Å². The Balaban J connectivity index is 1.73. The zero-order valence-corrected chi connectivity index (χ0v) is 18.0. The summed E-state index contributed by atoms with van der Waals surface area (Å²) in [5.74, 6) is 1.18. The van der Waals surface area contributed by atoms with Crippen LogP contribution in [0.5, 0.6) is 0 Å². The van der Waals surface area contributed by atoms with Crippen molar-refractivity contribution in [3.05, 3.63) is 46.1 Å². The fourth-order valence-electron chi connectivity index (χ4n) is 4.39. The van der Waals surface area contributed by atoms with E-state index < -0.39 is 0 Å². The van der Waals surface area contributed by atoms with Gasteiger partial charge in [0.05, 0.1) is 0 Å². The van der Waals surface area contributed by atoms with E-state index >= 15 is 0 Å². The lowest BCUT2D eigenvalue weighted by Gasteiger charge is -2.35. The number of halogens is 1. The van der Waals surface area contributed by atoms with Gasteiger partial charge in [-0.25, -0.2) is 4.98 Å².